The molecule has 0 aliphatic heterocycles. The second kappa shape index (κ2) is 9.33. The standard InChI is InChI=1S/C16H25ClFN/c1-3-4-5-6-7-9-13(19-2)12-14-15(17)10-8-11-16(14)18/h8,10-11,13,19H,3-7,9,12H2,1-2H3. The average Bonchev–Trinajstić information content (AvgIpc) is 2.40. The molecule has 108 valence electrons. The molecule has 0 amide bonds. The lowest BCUT2D eigenvalue weighted by Gasteiger charge is -2.17. The van der Waals surface area contributed by atoms with Gasteiger partial charge in [-0.15, -0.1) is 0 Å². The number of benzene rings is 1. The highest BCUT2D eigenvalue weighted by molar-refractivity contribution is 6.31. The molecule has 1 N–H and O–H groups in total. The van der Waals surface area contributed by atoms with Gasteiger partial charge in [-0.2, -0.15) is 0 Å². The lowest BCUT2D eigenvalue weighted by Crippen LogP contribution is -2.28. The first kappa shape index (κ1) is 16.5. The smallest absolute Gasteiger partial charge is 0.127 e. The Balaban J connectivity index is 2.43. The summed E-state index contributed by atoms with van der Waals surface area (Å²) >= 11 is 6.07. The van der Waals surface area contributed by atoms with Crippen molar-refractivity contribution in [3.8, 4) is 0 Å². The van der Waals surface area contributed by atoms with Gasteiger partial charge in [0.15, 0.2) is 0 Å². The fraction of sp³-hybridized carbons (Fsp3) is 0.625. The fourth-order valence-corrected chi connectivity index (χ4v) is 2.56. The molecule has 0 aliphatic carbocycles. The van der Waals surface area contributed by atoms with Crippen LogP contribution in [0.15, 0.2) is 18.2 Å². The van der Waals surface area contributed by atoms with Crippen LogP contribution in [0.1, 0.15) is 51.0 Å². The van der Waals surface area contributed by atoms with Crippen LogP contribution in [0.4, 0.5) is 4.39 Å². The summed E-state index contributed by atoms with van der Waals surface area (Å²) in [5.41, 5.74) is 0.636. The van der Waals surface area contributed by atoms with E-state index in [0.717, 1.165) is 6.42 Å². The predicted molar refractivity (Wildman–Crippen MR) is 81.3 cm³/mol. The zero-order chi connectivity index (χ0) is 14.1. The Morgan fingerprint density at radius 1 is 1.21 bits per heavy atom. The van der Waals surface area contributed by atoms with E-state index in [4.69, 9.17) is 11.6 Å². The van der Waals surface area contributed by atoms with Gasteiger partial charge in [0.1, 0.15) is 5.82 Å². The molecule has 0 spiro atoms. The van der Waals surface area contributed by atoms with Crippen molar-refractivity contribution in [1.29, 1.82) is 0 Å². The molecule has 0 saturated heterocycles. The Labute approximate surface area is 121 Å². The molecule has 1 aromatic carbocycles. The maximum Gasteiger partial charge on any atom is 0.127 e. The van der Waals surface area contributed by atoms with Crippen molar-refractivity contribution in [2.24, 2.45) is 0 Å². The van der Waals surface area contributed by atoms with Crippen LogP contribution in [0.25, 0.3) is 0 Å². The Kier molecular flexibility index (Phi) is 8.08. The van der Waals surface area contributed by atoms with E-state index in [1.54, 1.807) is 12.1 Å². The number of rotatable bonds is 9. The third-order valence-electron chi connectivity index (χ3n) is 3.58. The predicted octanol–water partition coefficient (Wildman–Crippen LogP) is 4.97. The Hall–Kier alpha value is -0.600. The van der Waals surface area contributed by atoms with Gasteiger partial charge in [-0.05, 0) is 32.0 Å². The van der Waals surface area contributed by atoms with Crippen LogP contribution in [0.5, 0.6) is 0 Å². The SMILES string of the molecule is CCCCCCCC(Cc1c(F)cccc1Cl)NC. The number of hydrogen-bond donors (Lipinski definition) is 1. The van der Waals surface area contributed by atoms with Crippen molar-refractivity contribution >= 4 is 11.6 Å². The lowest BCUT2D eigenvalue weighted by atomic mass is 9.99. The van der Waals surface area contributed by atoms with Crippen LogP contribution in [0.2, 0.25) is 5.02 Å². The largest absolute Gasteiger partial charge is 0.317 e. The van der Waals surface area contributed by atoms with Gasteiger partial charge in [0.05, 0.1) is 0 Å². The zero-order valence-corrected chi connectivity index (χ0v) is 12.8. The van der Waals surface area contributed by atoms with E-state index in [2.05, 4.69) is 12.2 Å². The lowest BCUT2D eigenvalue weighted by molar-refractivity contribution is 0.473. The van der Waals surface area contributed by atoms with Crippen molar-refractivity contribution in [1.82, 2.24) is 5.32 Å². The average molecular weight is 286 g/mol. The van der Waals surface area contributed by atoms with Gasteiger partial charge in [-0.3, -0.25) is 0 Å². The van der Waals surface area contributed by atoms with Crippen LogP contribution < -0.4 is 5.32 Å². The van der Waals surface area contributed by atoms with Crippen molar-refractivity contribution in [2.45, 2.75) is 57.9 Å². The normalized spacial score (nSPS) is 12.6. The molecular weight excluding hydrogens is 261 g/mol. The molecular formula is C16H25ClFN. The monoisotopic (exact) mass is 285 g/mol. The Bertz CT molecular complexity index is 348. The van der Waals surface area contributed by atoms with Crippen molar-refractivity contribution in [2.75, 3.05) is 7.05 Å². The van der Waals surface area contributed by atoms with Crippen LogP contribution in [-0.2, 0) is 6.42 Å². The summed E-state index contributed by atoms with van der Waals surface area (Å²) in [5.74, 6) is -0.196. The van der Waals surface area contributed by atoms with Gasteiger partial charge >= 0.3 is 0 Å². The molecule has 0 aromatic heterocycles. The molecule has 0 aliphatic rings. The summed E-state index contributed by atoms with van der Waals surface area (Å²) in [6.07, 6.45) is 8.06. The van der Waals surface area contributed by atoms with Crippen LogP contribution in [-0.4, -0.2) is 13.1 Å². The molecule has 1 nitrogen and oxygen atoms in total. The van der Waals surface area contributed by atoms with E-state index in [0.29, 0.717) is 23.0 Å². The highest BCUT2D eigenvalue weighted by Crippen LogP contribution is 2.21. The summed E-state index contributed by atoms with van der Waals surface area (Å²) in [7, 11) is 1.94. The van der Waals surface area contributed by atoms with Crippen LogP contribution in [0.3, 0.4) is 0 Å². The third-order valence-corrected chi connectivity index (χ3v) is 3.93. The first-order chi connectivity index (χ1) is 9.19. The fourth-order valence-electron chi connectivity index (χ4n) is 2.32. The molecule has 0 radical (unpaired) electrons. The van der Waals surface area contributed by atoms with Crippen LogP contribution in [0, 0.1) is 5.82 Å². The maximum absolute atomic E-state index is 13.7. The topological polar surface area (TPSA) is 12.0 Å². The van der Waals surface area contributed by atoms with Gasteiger partial charge in [0.25, 0.3) is 0 Å². The van der Waals surface area contributed by atoms with Gasteiger partial charge in [0, 0.05) is 16.6 Å². The second-order valence-corrected chi connectivity index (χ2v) is 5.50. The first-order valence-corrected chi connectivity index (χ1v) is 7.67. The highest BCUT2D eigenvalue weighted by Gasteiger charge is 2.13. The minimum absolute atomic E-state index is 0.196. The highest BCUT2D eigenvalue weighted by atomic mass is 35.5. The number of hydrogen-bond acceptors (Lipinski definition) is 1. The summed E-state index contributed by atoms with van der Waals surface area (Å²) in [5, 5.41) is 3.80. The molecule has 1 atom stereocenters. The molecule has 0 bridgehead atoms. The van der Waals surface area contributed by atoms with Crippen molar-refractivity contribution in [3.63, 3.8) is 0 Å². The Morgan fingerprint density at radius 3 is 2.58 bits per heavy atom. The molecule has 0 saturated carbocycles. The molecule has 1 unspecified atom stereocenters. The minimum atomic E-state index is -0.196. The van der Waals surface area contributed by atoms with E-state index >= 15 is 0 Å². The van der Waals surface area contributed by atoms with Gasteiger partial charge in [-0.1, -0.05) is 56.7 Å². The van der Waals surface area contributed by atoms with Gasteiger partial charge in [-0.25, -0.2) is 4.39 Å². The first-order valence-electron chi connectivity index (χ1n) is 7.29. The third kappa shape index (κ3) is 5.92. The zero-order valence-electron chi connectivity index (χ0n) is 12.0. The molecule has 1 rings (SSSR count). The second-order valence-electron chi connectivity index (χ2n) is 5.09. The molecule has 0 heterocycles. The van der Waals surface area contributed by atoms with E-state index in [-0.39, 0.29) is 5.82 Å². The number of likely N-dealkylation sites (N-methyl/N-ethyl adjacent to an activating group) is 1. The summed E-state index contributed by atoms with van der Waals surface area (Å²) < 4.78 is 13.7. The molecule has 19 heavy (non-hydrogen) atoms. The number of unbranched alkanes of at least 4 members (excludes halogenated alkanes) is 4. The van der Waals surface area contributed by atoms with Crippen molar-refractivity contribution in [3.05, 3.63) is 34.6 Å². The van der Waals surface area contributed by atoms with Crippen LogP contribution >= 0.6 is 11.6 Å². The molecule has 3 heteroatoms. The van der Waals surface area contributed by atoms with E-state index in [1.165, 1.54) is 38.2 Å². The van der Waals surface area contributed by atoms with E-state index < -0.39 is 0 Å². The van der Waals surface area contributed by atoms with E-state index in [1.807, 2.05) is 7.05 Å². The quantitative estimate of drug-likeness (QED) is 0.632. The summed E-state index contributed by atoms with van der Waals surface area (Å²) in [6.45, 7) is 2.22. The minimum Gasteiger partial charge on any atom is -0.317 e. The maximum atomic E-state index is 13.7. The summed E-state index contributed by atoms with van der Waals surface area (Å²) in [4.78, 5) is 0. The van der Waals surface area contributed by atoms with Crippen molar-refractivity contribution < 1.29 is 4.39 Å². The number of halogens is 2. The van der Waals surface area contributed by atoms with Gasteiger partial charge in [0.2, 0.25) is 0 Å². The summed E-state index contributed by atoms with van der Waals surface area (Å²) in [6, 6.07) is 5.19. The Morgan fingerprint density at radius 2 is 1.95 bits per heavy atom. The van der Waals surface area contributed by atoms with Gasteiger partial charge < -0.3 is 5.32 Å². The number of nitrogens with one attached hydrogen (secondary N) is 1. The van der Waals surface area contributed by atoms with E-state index in [9.17, 15) is 4.39 Å². The molecule has 1 aromatic rings. The molecule has 0 fully saturated rings.